The number of nitrogen functional groups attached to an aromatic ring is 1. The summed E-state index contributed by atoms with van der Waals surface area (Å²) < 4.78 is 80.8. The molecular formula is C55H55F6N7O3+2. The van der Waals surface area contributed by atoms with Gasteiger partial charge in [0.15, 0.2) is 18.7 Å². The molecule has 0 unspecified atom stereocenters. The van der Waals surface area contributed by atoms with Crippen molar-refractivity contribution in [1.29, 1.82) is 0 Å². The number of carbonyl (C=O) groups excluding carboxylic acids is 3. The van der Waals surface area contributed by atoms with E-state index in [1.165, 1.54) is 36.0 Å². The minimum Gasteiger partial charge on any atom is -0.399 e. The van der Waals surface area contributed by atoms with Crippen molar-refractivity contribution < 1.29 is 49.9 Å². The van der Waals surface area contributed by atoms with Crippen molar-refractivity contribution in [3.8, 4) is 22.3 Å². The maximum Gasteiger partial charge on any atom is 0.416 e. The van der Waals surface area contributed by atoms with Crippen molar-refractivity contribution in [1.82, 2.24) is 9.88 Å². The van der Waals surface area contributed by atoms with E-state index in [-0.39, 0.29) is 13.3 Å². The lowest BCUT2D eigenvalue weighted by Crippen LogP contribution is -2.13. The summed E-state index contributed by atoms with van der Waals surface area (Å²) in [6.45, 7) is 0. The van der Waals surface area contributed by atoms with Gasteiger partial charge in [0.1, 0.15) is 33.8 Å². The Morgan fingerprint density at radius 1 is 0.606 bits per heavy atom. The van der Waals surface area contributed by atoms with Crippen molar-refractivity contribution in [2.45, 2.75) is 19.8 Å². The summed E-state index contributed by atoms with van der Waals surface area (Å²) in [5.74, 6) is -0.773. The third kappa shape index (κ3) is 16.4. The molecule has 0 fully saturated rings. The fourth-order valence-corrected chi connectivity index (χ4v) is 6.83. The average Bonchev–Trinajstić information content (AvgIpc) is 3.30. The first-order valence-corrected chi connectivity index (χ1v) is 21.4. The Morgan fingerprint density at radius 3 is 1.49 bits per heavy atom. The molecule has 0 radical (unpaired) electrons. The number of alkyl halides is 6. The Balaban J connectivity index is 0.000000249. The van der Waals surface area contributed by atoms with Gasteiger partial charge in [-0.1, -0.05) is 80.2 Å². The average molecular weight is 976 g/mol. The molecular weight excluding hydrogens is 921 g/mol. The summed E-state index contributed by atoms with van der Waals surface area (Å²) in [7, 11) is 12.1. The molecule has 0 saturated heterocycles. The van der Waals surface area contributed by atoms with Gasteiger partial charge in [-0.05, 0) is 95.1 Å². The highest BCUT2D eigenvalue weighted by molar-refractivity contribution is 6.10. The van der Waals surface area contributed by atoms with Crippen molar-refractivity contribution >= 4 is 58.5 Å². The Morgan fingerprint density at radius 2 is 1.07 bits per heavy atom. The molecule has 16 heteroatoms. The largest absolute Gasteiger partial charge is 0.416 e. The summed E-state index contributed by atoms with van der Waals surface area (Å²) in [5, 5.41) is 6.30. The normalized spacial score (nSPS) is 10.6. The Labute approximate surface area is 409 Å². The van der Waals surface area contributed by atoms with Crippen LogP contribution in [0.15, 0.2) is 164 Å². The van der Waals surface area contributed by atoms with Gasteiger partial charge in [0.2, 0.25) is 0 Å². The Bertz CT molecular complexity index is 3030. The standard InChI is InChI=1S/C24H15F3N2O2.C20H15F3N2O.C10H21N3.CH4/c25-24(26,27)18-8-5-16(6-9-18)20-3-1-2-4-21(20)23(31)29-19-10-7-17-11-15(14-30)13-28-22(17)12-19;21-20(22,23)14-10-8-13(9-11-14)17-6-1-2-7-18(17)19(26)25-16-5-3-4-15(24)12-16;1-11(2)7-10(8-12(3)4)9-13(5)6;/h1-14H,(H,29,31);1-12H,24H2,(H,25,26);7-9H,1-6H3;1H4/q;;+2;. The molecule has 10 nitrogen and oxygen atoms in total. The summed E-state index contributed by atoms with van der Waals surface area (Å²) in [4.78, 5) is 42.7. The number of carbonyl (C=O) groups is 3. The van der Waals surface area contributed by atoms with Gasteiger partial charge in [0.25, 0.3) is 11.8 Å². The van der Waals surface area contributed by atoms with Crippen LogP contribution in [0.25, 0.3) is 33.2 Å². The number of halogens is 6. The summed E-state index contributed by atoms with van der Waals surface area (Å²) in [6, 6.07) is 36.4. The van der Waals surface area contributed by atoms with Gasteiger partial charge in [0, 0.05) is 65.6 Å². The zero-order chi connectivity index (χ0) is 51.2. The first kappa shape index (κ1) is 55.2. The second-order valence-corrected chi connectivity index (χ2v) is 16.3. The second-order valence-electron chi connectivity index (χ2n) is 16.3. The zero-order valence-corrected chi connectivity index (χ0v) is 39.1. The molecule has 6 aromatic carbocycles. The molecule has 2 amide bonds. The number of rotatable bonds is 10. The fraction of sp³-hybridized carbons (Fsp3) is 0.164. The number of amides is 2. The Hall–Kier alpha value is -8.40. The lowest BCUT2D eigenvalue weighted by Gasteiger charge is -2.12. The smallest absolute Gasteiger partial charge is 0.399 e. The van der Waals surface area contributed by atoms with Crippen LogP contribution in [0.1, 0.15) is 49.6 Å². The van der Waals surface area contributed by atoms with E-state index in [9.17, 15) is 40.7 Å². The van der Waals surface area contributed by atoms with Gasteiger partial charge in [-0.15, -0.1) is 0 Å². The molecule has 0 bridgehead atoms. The van der Waals surface area contributed by atoms with Crippen LogP contribution < -0.4 is 16.4 Å². The number of nitrogens with zero attached hydrogens (tertiary/aromatic N) is 4. The molecule has 7 aromatic rings. The van der Waals surface area contributed by atoms with E-state index in [0.29, 0.717) is 67.8 Å². The number of fused-ring (bicyclic) bond motifs is 1. The third-order valence-corrected chi connectivity index (χ3v) is 9.86. The first-order valence-electron chi connectivity index (χ1n) is 21.4. The molecule has 1 aromatic heterocycles. The van der Waals surface area contributed by atoms with E-state index in [2.05, 4.69) is 34.2 Å². The minimum absolute atomic E-state index is 0. The number of hydrogen-bond donors (Lipinski definition) is 3. The summed E-state index contributed by atoms with van der Waals surface area (Å²) in [6.07, 6.45) is -0.421. The molecule has 0 aliphatic carbocycles. The molecule has 368 valence electrons. The van der Waals surface area contributed by atoms with Crippen molar-refractivity contribution in [3.63, 3.8) is 0 Å². The van der Waals surface area contributed by atoms with E-state index < -0.39 is 29.4 Å². The molecule has 1 heterocycles. The van der Waals surface area contributed by atoms with Crippen molar-refractivity contribution in [2.75, 3.05) is 58.7 Å². The topological polar surface area (TPSA) is 123 Å². The maximum atomic E-state index is 12.9. The lowest BCUT2D eigenvalue weighted by atomic mass is 9.98. The highest BCUT2D eigenvalue weighted by Gasteiger charge is 2.31. The number of benzene rings is 6. The van der Waals surface area contributed by atoms with Gasteiger partial charge >= 0.3 is 12.4 Å². The second kappa shape index (κ2) is 24.8. The van der Waals surface area contributed by atoms with Crippen molar-refractivity contribution in [3.05, 3.63) is 191 Å². The third-order valence-electron chi connectivity index (χ3n) is 9.86. The van der Waals surface area contributed by atoms with Gasteiger partial charge < -0.3 is 21.3 Å². The summed E-state index contributed by atoms with van der Waals surface area (Å²) in [5.41, 5.74) is 10.8. The van der Waals surface area contributed by atoms with E-state index in [1.807, 2.05) is 56.3 Å². The van der Waals surface area contributed by atoms with Crippen LogP contribution in [0.4, 0.5) is 43.4 Å². The number of nitrogens with two attached hydrogens (primary N) is 1. The van der Waals surface area contributed by atoms with Crippen LogP contribution in [-0.4, -0.2) is 91.9 Å². The molecule has 0 atom stereocenters. The first-order chi connectivity index (χ1) is 33.1. The van der Waals surface area contributed by atoms with Crippen molar-refractivity contribution in [2.24, 2.45) is 0 Å². The van der Waals surface area contributed by atoms with Crippen LogP contribution in [0.2, 0.25) is 0 Å². The number of aromatic nitrogens is 1. The van der Waals surface area contributed by atoms with Gasteiger partial charge in [0.05, 0.1) is 16.6 Å². The van der Waals surface area contributed by atoms with E-state index in [0.717, 1.165) is 29.7 Å². The summed E-state index contributed by atoms with van der Waals surface area (Å²) >= 11 is 0. The Kier molecular flexibility index (Phi) is 19.2. The van der Waals surface area contributed by atoms with Gasteiger partial charge in [-0.25, -0.2) is 9.15 Å². The number of aldehydes is 1. The molecule has 0 spiro atoms. The lowest BCUT2D eigenvalue weighted by molar-refractivity contribution is -0.462. The van der Waals surface area contributed by atoms with Crippen LogP contribution in [-0.2, 0) is 12.4 Å². The molecule has 0 saturated carbocycles. The monoisotopic (exact) mass is 975 g/mol. The molecule has 4 N–H and O–H groups in total. The molecule has 71 heavy (non-hydrogen) atoms. The maximum absolute atomic E-state index is 12.9. The number of hydrogen-bond acceptors (Lipinski definition) is 6. The minimum atomic E-state index is -4.42. The van der Waals surface area contributed by atoms with Crippen LogP contribution in [0.5, 0.6) is 0 Å². The van der Waals surface area contributed by atoms with Crippen LogP contribution in [0, 0.1) is 0 Å². The number of anilines is 3. The number of nitrogens with one attached hydrogen (secondary N) is 2. The highest BCUT2D eigenvalue weighted by atomic mass is 19.4. The van der Waals surface area contributed by atoms with Gasteiger partial charge in [-0.2, -0.15) is 26.3 Å². The van der Waals surface area contributed by atoms with Gasteiger partial charge in [-0.3, -0.25) is 19.4 Å². The number of allylic oxidation sites excluding steroid dienone is 1. The SMILES string of the molecule is C.CN(C)C=C(C=[N+](C)C)C=[N+](C)C.Nc1cccc(NC(=O)c2ccccc2-c2ccc(C(F)(F)F)cc2)c1.O=Cc1cnc2cc(NC(=O)c3ccccc3-c3ccc(C(F)(F)F)cc3)ccc2c1. The predicted molar refractivity (Wildman–Crippen MR) is 272 cm³/mol. The fourth-order valence-electron chi connectivity index (χ4n) is 6.83. The van der Waals surface area contributed by atoms with Crippen LogP contribution in [0.3, 0.4) is 0 Å². The number of pyridine rings is 1. The molecule has 0 aliphatic rings. The molecule has 0 aliphatic heterocycles. The van der Waals surface area contributed by atoms with Crippen LogP contribution >= 0.6 is 0 Å². The van der Waals surface area contributed by atoms with E-state index in [4.69, 9.17) is 5.73 Å². The van der Waals surface area contributed by atoms with E-state index in [1.54, 1.807) is 97.1 Å². The quantitative estimate of drug-likeness (QED) is 0.0412. The zero-order valence-electron chi connectivity index (χ0n) is 39.1. The van der Waals surface area contributed by atoms with E-state index >= 15 is 0 Å². The molecule has 7 rings (SSSR count). The highest BCUT2D eigenvalue weighted by Crippen LogP contribution is 2.34. The predicted octanol–water partition coefficient (Wildman–Crippen LogP) is 11.9.